The minimum atomic E-state index is -0.0420. The van der Waals surface area contributed by atoms with E-state index >= 15 is 0 Å². The van der Waals surface area contributed by atoms with Crippen molar-refractivity contribution in [1.82, 2.24) is 9.97 Å². The number of rotatable bonds is 5. The first-order chi connectivity index (χ1) is 9.81. The van der Waals surface area contributed by atoms with Gasteiger partial charge in [-0.3, -0.25) is 0 Å². The summed E-state index contributed by atoms with van der Waals surface area (Å²) >= 11 is 0. The maximum Gasteiger partial charge on any atom is 0.138 e. The van der Waals surface area contributed by atoms with Gasteiger partial charge in [-0.25, -0.2) is 9.97 Å². The van der Waals surface area contributed by atoms with Crippen LogP contribution in [0.2, 0.25) is 0 Å². The molecular formula is C17H30N4. The largest absolute Gasteiger partial charge is 0.370 e. The van der Waals surface area contributed by atoms with Crippen LogP contribution >= 0.6 is 0 Å². The number of nitrogens with zero attached hydrogens (tertiary/aromatic N) is 2. The van der Waals surface area contributed by atoms with Crippen LogP contribution in [-0.4, -0.2) is 22.6 Å². The molecule has 118 valence electrons. The third kappa shape index (κ3) is 3.86. The topological polar surface area (TPSA) is 49.8 Å². The quantitative estimate of drug-likeness (QED) is 0.856. The molecule has 1 aliphatic rings. The van der Waals surface area contributed by atoms with Crippen LogP contribution in [0.5, 0.6) is 0 Å². The average molecular weight is 290 g/mol. The summed E-state index contributed by atoms with van der Waals surface area (Å²) in [5.41, 5.74) is 1.09. The number of nitrogens with one attached hydrogen (secondary N) is 2. The Morgan fingerprint density at radius 2 is 1.76 bits per heavy atom. The Labute approximate surface area is 129 Å². The highest BCUT2D eigenvalue weighted by molar-refractivity contribution is 5.58. The molecule has 4 heteroatoms. The van der Waals surface area contributed by atoms with Crippen molar-refractivity contribution in [3.05, 3.63) is 11.4 Å². The fourth-order valence-electron chi connectivity index (χ4n) is 2.62. The van der Waals surface area contributed by atoms with Gasteiger partial charge in [-0.15, -0.1) is 0 Å². The van der Waals surface area contributed by atoms with Crippen molar-refractivity contribution in [2.45, 2.75) is 72.3 Å². The van der Waals surface area contributed by atoms with E-state index < -0.39 is 0 Å². The molecule has 1 aromatic heterocycles. The third-order valence-corrected chi connectivity index (χ3v) is 4.07. The molecule has 4 nitrogen and oxygen atoms in total. The van der Waals surface area contributed by atoms with Crippen molar-refractivity contribution in [2.75, 3.05) is 17.2 Å². The third-order valence-electron chi connectivity index (χ3n) is 4.07. The molecule has 1 saturated carbocycles. The SMILES string of the molecule is CCCNc1nc(C(C)(C)C)nc(NC2CC(C)C2)c1C. The normalized spacial score (nSPS) is 21.8. The molecule has 0 aromatic carbocycles. The van der Waals surface area contributed by atoms with Gasteiger partial charge in [0.2, 0.25) is 0 Å². The second-order valence-corrected chi connectivity index (χ2v) is 7.46. The van der Waals surface area contributed by atoms with Crippen molar-refractivity contribution in [1.29, 1.82) is 0 Å². The smallest absolute Gasteiger partial charge is 0.138 e. The molecule has 0 aliphatic heterocycles. The average Bonchev–Trinajstić information content (AvgIpc) is 2.36. The summed E-state index contributed by atoms with van der Waals surface area (Å²) in [5.74, 6) is 3.73. The van der Waals surface area contributed by atoms with Gasteiger partial charge in [-0.2, -0.15) is 0 Å². The maximum atomic E-state index is 4.80. The monoisotopic (exact) mass is 290 g/mol. The van der Waals surface area contributed by atoms with Crippen molar-refractivity contribution in [3.63, 3.8) is 0 Å². The zero-order chi connectivity index (χ0) is 15.6. The lowest BCUT2D eigenvalue weighted by atomic mass is 9.82. The van der Waals surface area contributed by atoms with E-state index in [-0.39, 0.29) is 5.41 Å². The zero-order valence-electron chi connectivity index (χ0n) is 14.4. The Bertz CT molecular complexity index is 484. The van der Waals surface area contributed by atoms with Crippen LogP contribution in [0, 0.1) is 12.8 Å². The second-order valence-electron chi connectivity index (χ2n) is 7.46. The minimum absolute atomic E-state index is 0.0420. The Morgan fingerprint density at radius 1 is 1.14 bits per heavy atom. The van der Waals surface area contributed by atoms with Gasteiger partial charge < -0.3 is 10.6 Å². The van der Waals surface area contributed by atoms with Gasteiger partial charge in [0, 0.05) is 23.6 Å². The molecule has 0 unspecified atom stereocenters. The first-order valence-electron chi connectivity index (χ1n) is 8.20. The number of anilines is 2. The van der Waals surface area contributed by atoms with E-state index in [0.717, 1.165) is 41.9 Å². The molecule has 1 heterocycles. The van der Waals surface area contributed by atoms with Crippen LogP contribution in [0.1, 0.15) is 65.3 Å². The second kappa shape index (κ2) is 6.20. The van der Waals surface area contributed by atoms with Crippen LogP contribution in [-0.2, 0) is 5.41 Å². The molecule has 1 aromatic rings. The van der Waals surface area contributed by atoms with Gasteiger partial charge >= 0.3 is 0 Å². The van der Waals surface area contributed by atoms with Gasteiger partial charge in [0.1, 0.15) is 17.5 Å². The number of hydrogen-bond donors (Lipinski definition) is 2. The van der Waals surface area contributed by atoms with Crippen LogP contribution in [0.15, 0.2) is 0 Å². The van der Waals surface area contributed by atoms with Gasteiger partial charge in [-0.05, 0) is 32.1 Å². The standard InChI is InChI=1S/C17H30N4/c1-7-8-18-14-12(3)15(19-13-9-11(2)10-13)21-16(20-14)17(4,5)6/h11,13H,7-10H2,1-6H3,(H2,18,19,20,21). The lowest BCUT2D eigenvalue weighted by molar-refractivity contribution is 0.308. The molecule has 1 fully saturated rings. The summed E-state index contributed by atoms with van der Waals surface area (Å²) in [4.78, 5) is 9.54. The van der Waals surface area contributed by atoms with E-state index in [1.54, 1.807) is 0 Å². The highest BCUT2D eigenvalue weighted by Gasteiger charge is 2.27. The molecule has 0 bridgehead atoms. The Morgan fingerprint density at radius 3 is 2.29 bits per heavy atom. The summed E-state index contributed by atoms with van der Waals surface area (Å²) < 4.78 is 0. The minimum Gasteiger partial charge on any atom is -0.370 e. The number of aromatic nitrogens is 2. The van der Waals surface area contributed by atoms with Gasteiger partial charge in [0.25, 0.3) is 0 Å². The highest BCUT2D eigenvalue weighted by Crippen LogP contribution is 2.32. The maximum absolute atomic E-state index is 4.80. The van der Waals surface area contributed by atoms with Crippen molar-refractivity contribution < 1.29 is 0 Å². The van der Waals surface area contributed by atoms with E-state index in [9.17, 15) is 0 Å². The molecule has 1 aliphatic carbocycles. The highest BCUT2D eigenvalue weighted by atomic mass is 15.1. The summed E-state index contributed by atoms with van der Waals surface area (Å²) in [5, 5.41) is 7.06. The van der Waals surface area contributed by atoms with E-state index in [4.69, 9.17) is 9.97 Å². The molecule has 0 radical (unpaired) electrons. The van der Waals surface area contributed by atoms with Crippen molar-refractivity contribution in [3.8, 4) is 0 Å². The van der Waals surface area contributed by atoms with Crippen LogP contribution in [0.25, 0.3) is 0 Å². The first-order valence-corrected chi connectivity index (χ1v) is 8.20. The summed E-state index contributed by atoms with van der Waals surface area (Å²) in [6.07, 6.45) is 3.58. The van der Waals surface area contributed by atoms with Crippen LogP contribution in [0.3, 0.4) is 0 Å². The molecule has 0 atom stereocenters. The molecule has 0 amide bonds. The predicted octanol–water partition coefficient (Wildman–Crippen LogP) is 4.11. The Hall–Kier alpha value is -1.32. The number of hydrogen-bond acceptors (Lipinski definition) is 4. The van der Waals surface area contributed by atoms with Crippen LogP contribution in [0.4, 0.5) is 11.6 Å². The molecule has 0 spiro atoms. The Balaban J connectivity index is 2.27. The zero-order valence-corrected chi connectivity index (χ0v) is 14.4. The van der Waals surface area contributed by atoms with E-state index in [0.29, 0.717) is 6.04 Å². The van der Waals surface area contributed by atoms with Gasteiger partial charge in [0.15, 0.2) is 0 Å². The van der Waals surface area contributed by atoms with Gasteiger partial charge in [0.05, 0.1) is 0 Å². The molecule has 21 heavy (non-hydrogen) atoms. The van der Waals surface area contributed by atoms with E-state index in [1.807, 2.05) is 0 Å². The van der Waals surface area contributed by atoms with E-state index in [2.05, 4.69) is 52.2 Å². The van der Waals surface area contributed by atoms with Crippen molar-refractivity contribution >= 4 is 11.6 Å². The lowest BCUT2D eigenvalue weighted by Gasteiger charge is -2.34. The first kappa shape index (κ1) is 16.1. The molecular weight excluding hydrogens is 260 g/mol. The summed E-state index contributed by atoms with van der Waals surface area (Å²) in [6.45, 7) is 14.0. The fraction of sp³-hybridized carbons (Fsp3) is 0.765. The predicted molar refractivity (Wildman–Crippen MR) is 90.1 cm³/mol. The molecule has 0 saturated heterocycles. The van der Waals surface area contributed by atoms with Crippen LogP contribution < -0.4 is 10.6 Å². The lowest BCUT2D eigenvalue weighted by Crippen LogP contribution is -2.35. The molecule has 2 rings (SSSR count). The summed E-state index contributed by atoms with van der Waals surface area (Å²) in [7, 11) is 0. The summed E-state index contributed by atoms with van der Waals surface area (Å²) in [6, 6.07) is 0.570. The molecule has 2 N–H and O–H groups in total. The fourth-order valence-corrected chi connectivity index (χ4v) is 2.62. The van der Waals surface area contributed by atoms with Gasteiger partial charge in [-0.1, -0.05) is 34.6 Å². The van der Waals surface area contributed by atoms with E-state index in [1.165, 1.54) is 12.8 Å². The Kier molecular flexibility index (Phi) is 4.74. The van der Waals surface area contributed by atoms with Crippen molar-refractivity contribution in [2.24, 2.45) is 5.92 Å².